The molecule has 42 heavy (non-hydrogen) atoms. The van der Waals surface area contributed by atoms with Crippen LogP contribution in [0.1, 0.15) is 37.6 Å². The number of aryl methyl sites for hydroxylation is 2. The lowest BCUT2D eigenvalue weighted by Crippen LogP contribution is -2.39. The number of benzene rings is 2. The van der Waals surface area contributed by atoms with Crippen molar-refractivity contribution in [1.82, 2.24) is 14.7 Å². The first-order valence-electron chi connectivity index (χ1n) is 13.4. The number of alkyl halides is 3. The molecule has 2 heterocycles. The zero-order valence-electron chi connectivity index (χ0n) is 23.5. The molecular formula is C29H32F3N5O4S. The summed E-state index contributed by atoms with van der Waals surface area (Å²) in [5, 5.41) is 6.93. The Balaban J connectivity index is 1.50. The molecule has 0 radical (unpaired) electrons. The first kappa shape index (κ1) is 30.8. The van der Waals surface area contributed by atoms with Gasteiger partial charge in [0, 0.05) is 18.8 Å². The summed E-state index contributed by atoms with van der Waals surface area (Å²) < 4.78 is 52.0. The fourth-order valence-corrected chi connectivity index (χ4v) is 5.05. The number of halogens is 3. The highest BCUT2D eigenvalue weighted by molar-refractivity contribution is 7.80. The number of thiocarbonyl (C=S) groups is 1. The van der Waals surface area contributed by atoms with Gasteiger partial charge in [-0.15, -0.1) is 0 Å². The molecule has 224 valence electrons. The molecule has 1 saturated heterocycles. The Bertz CT molecular complexity index is 1410. The number of carbonyl (C=O) groups excluding carboxylic acids is 2. The van der Waals surface area contributed by atoms with Crippen molar-refractivity contribution in [2.45, 2.75) is 51.9 Å². The summed E-state index contributed by atoms with van der Waals surface area (Å²) >= 11 is 5.66. The van der Waals surface area contributed by atoms with Crippen molar-refractivity contribution in [2.75, 3.05) is 30.5 Å². The van der Waals surface area contributed by atoms with E-state index in [-0.39, 0.29) is 36.7 Å². The Labute approximate surface area is 247 Å². The summed E-state index contributed by atoms with van der Waals surface area (Å²) in [5.41, 5.74) is 0.425. The number of nitrogens with zero attached hydrogens (tertiary/aromatic N) is 4. The van der Waals surface area contributed by atoms with E-state index in [1.54, 1.807) is 53.4 Å². The molecule has 1 aromatic heterocycles. The molecule has 2 aromatic carbocycles. The largest absolute Gasteiger partial charge is 0.497 e. The number of rotatable bonds is 12. The maximum absolute atomic E-state index is 13.6. The van der Waals surface area contributed by atoms with Crippen LogP contribution in [0.4, 0.5) is 24.5 Å². The van der Waals surface area contributed by atoms with E-state index in [4.69, 9.17) is 21.7 Å². The second-order valence-corrected chi connectivity index (χ2v) is 10.1. The van der Waals surface area contributed by atoms with E-state index in [9.17, 15) is 22.8 Å². The van der Waals surface area contributed by atoms with Crippen LogP contribution < -0.4 is 19.7 Å². The van der Waals surface area contributed by atoms with Crippen molar-refractivity contribution in [3.63, 3.8) is 0 Å². The van der Waals surface area contributed by atoms with Crippen molar-refractivity contribution in [3.05, 3.63) is 66.0 Å². The Kier molecular flexibility index (Phi) is 9.71. The lowest BCUT2D eigenvalue weighted by molar-refractivity contribution is -0.144. The third-order valence-electron chi connectivity index (χ3n) is 6.60. The molecule has 0 aliphatic carbocycles. The molecule has 1 unspecified atom stereocenters. The summed E-state index contributed by atoms with van der Waals surface area (Å²) in [4.78, 5) is 29.6. The van der Waals surface area contributed by atoms with Crippen LogP contribution in [-0.2, 0) is 22.3 Å². The number of methoxy groups -OCH3 is 1. The number of ether oxygens (including phenoxy) is 2. The van der Waals surface area contributed by atoms with Crippen molar-refractivity contribution in [2.24, 2.45) is 0 Å². The predicted molar refractivity (Wildman–Crippen MR) is 156 cm³/mol. The predicted octanol–water partition coefficient (Wildman–Crippen LogP) is 5.43. The van der Waals surface area contributed by atoms with Gasteiger partial charge in [0.1, 0.15) is 23.2 Å². The van der Waals surface area contributed by atoms with Gasteiger partial charge in [-0.1, -0.05) is 6.92 Å². The number of amides is 2. The summed E-state index contributed by atoms with van der Waals surface area (Å²) in [6, 6.07) is 13.6. The molecule has 0 spiro atoms. The number of hydrogen-bond donors (Lipinski definition) is 1. The normalized spacial score (nSPS) is 15.3. The second kappa shape index (κ2) is 13.2. The van der Waals surface area contributed by atoms with Gasteiger partial charge in [0.15, 0.2) is 5.11 Å². The smallest absolute Gasteiger partial charge is 0.433 e. The van der Waals surface area contributed by atoms with E-state index >= 15 is 0 Å². The first-order chi connectivity index (χ1) is 20.0. The molecule has 0 saturated carbocycles. The monoisotopic (exact) mass is 603 g/mol. The van der Waals surface area contributed by atoms with Gasteiger partial charge in [-0.3, -0.25) is 19.2 Å². The van der Waals surface area contributed by atoms with Crippen molar-refractivity contribution in [3.8, 4) is 11.5 Å². The minimum Gasteiger partial charge on any atom is -0.497 e. The van der Waals surface area contributed by atoms with E-state index < -0.39 is 29.7 Å². The highest BCUT2D eigenvalue weighted by Crippen LogP contribution is 2.31. The number of nitrogens with one attached hydrogen (secondary N) is 1. The molecule has 2 amide bonds. The van der Waals surface area contributed by atoms with Crippen LogP contribution in [0.5, 0.6) is 11.5 Å². The zero-order valence-corrected chi connectivity index (χ0v) is 24.3. The SMILES string of the molecule is CCCOc1ccc(NC(=O)CC2C(=O)N(c3ccc(OC)cc3)C(=S)N2CCCn2nc(C)cc2C(F)(F)F)cc1. The Morgan fingerprint density at radius 1 is 1.07 bits per heavy atom. The third kappa shape index (κ3) is 7.19. The van der Waals surface area contributed by atoms with Crippen LogP contribution in [0.25, 0.3) is 0 Å². The van der Waals surface area contributed by atoms with Gasteiger partial charge in [-0.05, 0) is 86.6 Å². The summed E-state index contributed by atoms with van der Waals surface area (Å²) in [7, 11) is 1.52. The van der Waals surface area contributed by atoms with E-state index in [2.05, 4.69) is 10.4 Å². The van der Waals surface area contributed by atoms with Gasteiger partial charge in [-0.2, -0.15) is 18.3 Å². The van der Waals surface area contributed by atoms with Crippen molar-refractivity contribution >= 4 is 40.5 Å². The first-order valence-corrected chi connectivity index (χ1v) is 13.9. The van der Waals surface area contributed by atoms with Crippen LogP contribution in [-0.4, -0.2) is 57.9 Å². The summed E-state index contributed by atoms with van der Waals surface area (Å²) in [6.45, 7) is 4.15. The second-order valence-electron chi connectivity index (χ2n) is 9.73. The number of anilines is 2. The van der Waals surface area contributed by atoms with E-state index in [0.29, 0.717) is 29.5 Å². The van der Waals surface area contributed by atoms with Crippen LogP contribution in [0.15, 0.2) is 54.6 Å². The van der Waals surface area contributed by atoms with Crippen molar-refractivity contribution in [1.29, 1.82) is 0 Å². The Morgan fingerprint density at radius 3 is 2.36 bits per heavy atom. The summed E-state index contributed by atoms with van der Waals surface area (Å²) in [5.74, 6) is 0.440. The topological polar surface area (TPSA) is 88.9 Å². The highest BCUT2D eigenvalue weighted by atomic mass is 32.1. The molecule has 9 nitrogen and oxygen atoms in total. The number of aromatic nitrogens is 2. The lowest BCUT2D eigenvalue weighted by atomic mass is 10.1. The zero-order chi connectivity index (χ0) is 30.4. The van der Waals surface area contributed by atoms with Crippen LogP contribution in [0.3, 0.4) is 0 Å². The standard InChI is InChI=1S/C29H32F3N5O4S/c1-4-16-41-23-10-6-20(7-11-23)33-26(38)18-24-27(39)37(21-8-12-22(40-3)13-9-21)28(42)35(24)14-5-15-36-25(29(30,31)32)17-19(2)34-36/h6-13,17,24H,4-5,14-16,18H2,1-3H3,(H,33,38). The van der Waals surface area contributed by atoms with Gasteiger partial charge in [0.05, 0.1) is 31.5 Å². The molecule has 1 fully saturated rings. The van der Waals surface area contributed by atoms with Crippen LogP contribution in [0, 0.1) is 6.92 Å². The van der Waals surface area contributed by atoms with Crippen LogP contribution in [0.2, 0.25) is 0 Å². The maximum Gasteiger partial charge on any atom is 0.433 e. The van der Waals surface area contributed by atoms with Gasteiger partial charge >= 0.3 is 6.18 Å². The molecular weight excluding hydrogens is 571 g/mol. The number of hydrogen-bond acceptors (Lipinski definition) is 6. The maximum atomic E-state index is 13.6. The molecule has 13 heteroatoms. The quantitative estimate of drug-likeness (QED) is 0.276. The molecule has 3 aromatic rings. The van der Waals surface area contributed by atoms with Gasteiger partial charge in [0.25, 0.3) is 5.91 Å². The average Bonchev–Trinajstić information content (AvgIpc) is 3.45. The average molecular weight is 604 g/mol. The molecule has 0 bridgehead atoms. The van der Waals surface area contributed by atoms with E-state index in [1.807, 2.05) is 6.92 Å². The molecule has 1 N–H and O–H groups in total. The summed E-state index contributed by atoms with van der Waals surface area (Å²) in [6.07, 6.45) is -3.70. The molecule has 1 atom stereocenters. The fourth-order valence-electron chi connectivity index (χ4n) is 4.63. The van der Waals surface area contributed by atoms with E-state index in [1.165, 1.54) is 18.9 Å². The highest BCUT2D eigenvalue weighted by Gasteiger charge is 2.44. The van der Waals surface area contributed by atoms with E-state index in [0.717, 1.165) is 17.2 Å². The minimum absolute atomic E-state index is 0.0517. The minimum atomic E-state index is -4.55. The lowest BCUT2D eigenvalue weighted by Gasteiger charge is -2.24. The van der Waals surface area contributed by atoms with Gasteiger partial charge < -0.3 is 19.7 Å². The van der Waals surface area contributed by atoms with Crippen LogP contribution >= 0.6 is 12.2 Å². The number of carbonyl (C=O) groups is 2. The van der Waals surface area contributed by atoms with Crippen molar-refractivity contribution < 1.29 is 32.2 Å². The third-order valence-corrected chi connectivity index (χ3v) is 7.02. The molecule has 1 aliphatic heterocycles. The van der Waals surface area contributed by atoms with Gasteiger partial charge in [0.2, 0.25) is 5.91 Å². The van der Waals surface area contributed by atoms with Gasteiger partial charge in [-0.25, -0.2) is 0 Å². The Morgan fingerprint density at radius 2 is 1.74 bits per heavy atom. The molecule has 1 aliphatic rings. The molecule has 4 rings (SSSR count). The fraction of sp³-hybridized carbons (Fsp3) is 0.379. The Hall–Kier alpha value is -4.13.